The van der Waals surface area contributed by atoms with Gasteiger partial charge < -0.3 is 14.8 Å². The summed E-state index contributed by atoms with van der Waals surface area (Å²) in [4.78, 5) is 35.7. The second-order valence-corrected chi connectivity index (χ2v) is 6.08. The number of halogens is 4. The summed E-state index contributed by atoms with van der Waals surface area (Å²) in [5.74, 6) is -2.50. The number of alkyl halides is 3. The Morgan fingerprint density at radius 2 is 2.14 bits per heavy atom. The number of terminal acetylenes is 1. The van der Waals surface area contributed by atoms with Crippen molar-refractivity contribution in [2.75, 3.05) is 16.8 Å². The summed E-state index contributed by atoms with van der Waals surface area (Å²) in [6.07, 6.45) is -2.31. The minimum Gasteiger partial charge on any atom is -0.479 e. The molecule has 0 fully saturated rings. The molecule has 1 aliphatic rings. The average molecular weight is 400 g/mol. The molecule has 28 heavy (non-hydrogen) atoms. The number of carbonyl (C=O) groups is 3. The van der Waals surface area contributed by atoms with Gasteiger partial charge in [-0.1, -0.05) is 5.92 Å². The Balaban J connectivity index is 2.28. The van der Waals surface area contributed by atoms with E-state index in [2.05, 4.69) is 5.92 Å². The molecule has 0 radical (unpaired) electrons. The lowest BCUT2D eigenvalue weighted by molar-refractivity contribution is -0.179. The number of nitrogens with zero attached hydrogens (tertiary/aromatic N) is 1. The molecule has 0 aliphatic carbocycles. The fraction of sp³-hybridized carbons (Fsp3) is 0.389. The molecule has 0 saturated heterocycles. The molecule has 2 atom stereocenters. The molecule has 2 rings (SSSR count). The minimum absolute atomic E-state index is 0.00646. The van der Waals surface area contributed by atoms with Crippen molar-refractivity contribution in [2.24, 2.45) is 5.92 Å². The molecule has 0 saturated carbocycles. The fourth-order valence-corrected chi connectivity index (χ4v) is 2.65. The van der Waals surface area contributed by atoms with Crippen molar-refractivity contribution in [3.63, 3.8) is 0 Å². The van der Waals surface area contributed by atoms with Crippen molar-refractivity contribution < 1.29 is 36.7 Å². The van der Waals surface area contributed by atoms with Gasteiger partial charge in [0.15, 0.2) is 11.9 Å². The third-order valence-electron chi connectivity index (χ3n) is 4.06. The van der Waals surface area contributed by atoms with Gasteiger partial charge in [0.1, 0.15) is 12.0 Å². The maximum Gasteiger partial charge on any atom is 0.392 e. The van der Waals surface area contributed by atoms with Crippen molar-refractivity contribution in [1.82, 2.24) is 0 Å². The number of rotatable bonds is 6. The SMILES string of the molecule is C#CCN1C(=O)C(C)Oc2cc(F)c(NC(=O)CC(CC=O)C(F)(F)F)cc21. The predicted octanol–water partition coefficient (Wildman–Crippen LogP) is 2.67. The lowest BCUT2D eigenvalue weighted by Gasteiger charge is -2.32. The van der Waals surface area contributed by atoms with Crippen LogP contribution >= 0.6 is 0 Å². The minimum atomic E-state index is -4.76. The van der Waals surface area contributed by atoms with E-state index in [1.807, 2.05) is 5.32 Å². The van der Waals surface area contributed by atoms with Crippen LogP contribution in [0.15, 0.2) is 12.1 Å². The predicted molar refractivity (Wildman–Crippen MR) is 91.1 cm³/mol. The van der Waals surface area contributed by atoms with Gasteiger partial charge in [-0.05, 0) is 13.0 Å². The van der Waals surface area contributed by atoms with Gasteiger partial charge >= 0.3 is 6.18 Å². The standard InChI is InChI=1S/C18H16F4N2O4/c1-3-5-24-14-9-13(12(19)8-15(14)28-10(2)17(24)27)23-16(26)7-11(4-6-25)18(20,21)22/h1,6,8-11H,4-5,7H2,2H3,(H,23,26). The van der Waals surface area contributed by atoms with E-state index in [1.165, 1.54) is 6.92 Å². The highest BCUT2D eigenvalue weighted by molar-refractivity contribution is 6.01. The highest BCUT2D eigenvalue weighted by Gasteiger charge is 2.40. The van der Waals surface area contributed by atoms with Crippen LogP contribution < -0.4 is 15.0 Å². The third-order valence-corrected chi connectivity index (χ3v) is 4.06. The number of carbonyl (C=O) groups excluding carboxylic acids is 3. The van der Waals surface area contributed by atoms with Gasteiger partial charge in [0.2, 0.25) is 5.91 Å². The molecule has 150 valence electrons. The van der Waals surface area contributed by atoms with Crippen LogP contribution in [0.1, 0.15) is 19.8 Å². The Bertz CT molecular complexity index is 832. The normalized spacial score (nSPS) is 17.2. The summed E-state index contributed by atoms with van der Waals surface area (Å²) in [7, 11) is 0. The average Bonchev–Trinajstić information content (AvgIpc) is 2.59. The lowest BCUT2D eigenvalue weighted by atomic mass is 10.0. The molecule has 2 amide bonds. The Morgan fingerprint density at radius 3 is 2.71 bits per heavy atom. The zero-order valence-corrected chi connectivity index (χ0v) is 14.7. The smallest absolute Gasteiger partial charge is 0.392 e. The molecule has 1 aromatic carbocycles. The van der Waals surface area contributed by atoms with Gasteiger partial charge in [0.05, 0.1) is 23.8 Å². The van der Waals surface area contributed by atoms with Crippen LogP contribution in [0.5, 0.6) is 5.75 Å². The van der Waals surface area contributed by atoms with Gasteiger partial charge in [-0.3, -0.25) is 14.5 Å². The first kappa shape index (κ1) is 21.2. The first-order valence-corrected chi connectivity index (χ1v) is 8.13. The van der Waals surface area contributed by atoms with Gasteiger partial charge in [-0.2, -0.15) is 13.2 Å². The number of aldehydes is 1. The van der Waals surface area contributed by atoms with Gasteiger partial charge in [0, 0.05) is 18.9 Å². The second kappa shape index (κ2) is 8.29. The summed E-state index contributed by atoms with van der Waals surface area (Å²) < 4.78 is 58.1. The molecular weight excluding hydrogens is 384 g/mol. The maximum absolute atomic E-state index is 14.3. The largest absolute Gasteiger partial charge is 0.479 e. The molecule has 1 N–H and O–H groups in total. The van der Waals surface area contributed by atoms with Crippen molar-refractivity contribution in [3.8, 4) is 18.1 Å². The first-order valence-electron chi connectivity index (χ1n) is 8.13. The Morgan fingerprint density at radius 1 is 1.46 bits per heavy atom. The summed E-state index contributed by atoms with van der Waals surface area (Å²) in [5.41, 5.74) is -0.359. The number of hydrogen-bond donors (Lipinski definition) is 1. The number of fused-ring (bicyclic) bond motifs is 1. The molecule has 1 aliphatic heterocycles. The molecule has 1 aromatic rings. The fourth-order valence-electron chi connectivity index (χ4n) is 2.65. The van der Waals surface area contributed by atoms with E-state index in [-0.39, 0.29) is 24.3 Å². The van der Waals surface area contributed by atoms with Crippen molar-refractivity contribution in [1.29, 1.82) is 0 Å². The van der Waals surface area contributed by atoms with Crippen LogP contribution in [0.3, 0.4) is 0 Å². The Hall–Kier alpha value is -3.09. The summed E-state index contributed by atoms with van der Waals surface area (Å²) >= 11 is 0. The quantitative estimate of drug-likeness (QED) is 0.453. The van der Waals surface area contributed by atoms with E-state index in [9.17, 15) is 31.9 Å². The molecule has 10 heteroatoms. The Labute approximate surface area is 157 Å². The number of hydrogen-bond acceptors (Lipinski definition) is 4. The third kappa shape index (κ3) is 4.60. The molecule has 2 unspecified atom stereocenters. The van der Waals surface area contributed by atoms with E-state index < -0.39 is 54.4 Å². The van der Waals surface area contributed by atoms with E-state index in [0.29, 0.717) is 0 Å². The van der Waals surface area contributed by atoms with E-state index in [4.69, 9.17) is 11.2 Å². The van der Waals surface area contributed by atoms with Gasteiger partial charge in [0.25, 0.3) is 5.91 Å². The zero-order chi connectivity index (χ0) is 21.1. The number of anilines is 2. The number of benzene rings is 1. The lowest BCUT2D eigenvalue weighted by Crippen LogP contribution is -2.44. The van der Waals surface area contributed by atoms with E-state index >= 15 is 0 Å². The van der Waals surface area contributed by atoms with Crippen molar-refractivity contribution in [3.05, 3.63) is 17.9 Å². The second-order valence-electron chi connectivity index (χ2n) is 6.08. The highest BCUT2D eigenvalue weighted by atomic mass is 19.4. The summed E-state index contributed by atoms with van der Waals surface area (Å²) in [5, 5.41) is 2.03. The van der Waals surface area contributed by atoms with Gasteiger partial charge in [-0.25, -0.2) is 4.39 Å². The van der Waals surface area contributed by atoms with Crippen molar-refractivity contribution >= 4 is 29.5 Å². The van der Waals surface area contributed by atoms with Crippen LogP contribution in [0.4, 0.5) is 28.9 Å². The highest BCUT2D eigenvalue weighted by Crippen LogP contribution is 2.38. The maximum atomic E-state index is 14.3. The monoisotopic (exact) mass is 400 g/mol. The molecular formula is C18H16F4N2O4. The van der Waals surface area contributed by atoms with Crippen LogP contribution in [-0.2, 0) is 14.4 Å². The van der Waals surface area contributed by atoms with Crippen molar-refractivity contribution in [2.45, 2.75) is 32.0 Å². The number of nitrogens with one attached hydrogen (secondary N) is 1. The van der Waals surface area contributed by atoms with E-state index in [0.717, 1.165) is 17.0 Å². The first-order chi connectivity index (χ1) is 13.1. The van der Waals surface area contributed by atoms with Crippen LogP contribution in [0.25, 0.3) is 0 Å². The van der Waals surface area contributed by atoms with E-state index in [1.54, 1.807) is 0 Å². The summed E-state index contributed by atoms with van der Waals surface area (Å²) in [6, 6.07) is 1.97. The number of amides is 2. The zero-order valence-electron chi connectivity index (χ0n) is 14.7. The van der Waals surface area contributed by atoms with Crippen LogP contribution in [0, 0.1) is 24.1 Å². The number of ether oxygens (including phenoxy) is 1. The van der Waals surface area contributed by atoms with Crippen LogP contribution in [0.2, 0.25) is 0 Å². The molecule has 1 heterocycles. The molecule has 0 spiro atoms. The molecule has 0 aromatic heterocycles. The molecule has 0 bridgehead atoms. The van der Waals surface area contributed by atoms with Gasteiger partial charge in [-0.15, -0.1) is 6.42 Å². The molecule has 6 nitrogen and oxygen atoms in total. The Kier molecular flexibility index (Phi) is 6.28. The topological polar surface area (TPSA) is 75.7 Å². The van der Waals surface area contributed by atoms with Crippen LogP contribution in [-0.4, -0.2) is 36.9 Å². The summed E-state index contributed by atoms with van der Waals surface area (Å²) in [6.45, 7) is 1.31.